The van der Waals surface area contributed by atoms with Crippen LogP contribution in [0, 0.1) is 0 Å². The van der Waals surface area contributed by atoms with Gasteiger partial charge < -0.3 is 9.47 Å². The van der Waals surface area contributed by atoms with Crippen molar-refractivity contribution in [1.29, 1.82) is 0 Å². The van der Waals surface area contributed by atoms with Gasteiger partial charge in [-0.2, -0.15) is 5.10 Å². The average Bonchev–Trinajstić information content (AvgIpc) is 3.06. The number of hydrogen-bond acceptors (Lipinski definition) is 7. The number of nitrogens with zero attached hydrogens (tertiary/aromatic N) is 2. The first kappa shape index (κ1) is 20.1. The summed E-state index contributed by atoms with van der Waals surface area (Å²) in [6.07, 6.45) is 4.13. The second-order valence-electron chi connectivity index (χ2n) is 5.65. The Balaban J connectivity index is 1.82. The van der Waals surface area contributed by atoms with E-state index in [9.17, 15) is 4.79 Å². The number of nitrogens with one attached hydrogen (secondary N) is 1. The lowest BCUT2D eigenvalue weighted by molar-refractivity contribution is -0.142. The summed E-state index contributed by atoms with van der Waals surface area (Å²) < 4.78 is 10.5. The minimum absolute atomic E-state index is 0.176. The van der Waals surface area contributed by atoms with E-state index in [0.717, 1.165) is 30.6 Å². The Morgan fingerprint density at radius 2 is 2.27 bits per heavy atom. The molecular formula is C19H25N3O3S. The van der Waals surface area contributed by atoms with Gasteiger partial charge >= 0.3 is 5.97 Å². The number of hydrogen-bond donors (Lipinski definition) is 1. The fourth-order valence-electron chi connectivity index (χ4n) is 2.16. The summed E-state index contributed by atoms with van der Waals surface area (Å²) in [4.78, 5) is 15.8. The SMILES string of the molecule is CCCCOCc1cccc(C=NNc2nc(CC(=O)OCC)cs2)c1. The minimum atomic E-state index is -0.272. The molecule has 1 N–H and O–H groups in total. The van der Waals surface area contributed by atoms with Gasteiger partial charge in [-0.1, -0.05) is 31.5 Å². The zero-order chi connectivity index (χ0) is 18.6. The Morgan fingerprint density at radius 1 is 1.38 bits per heavy atom. The molecule has 6 nitrogen and oxygen atoms in total. The third-order valence-electron chi connectivity index (χ3n) is 3.42. The van der Waals surface area contributed by atoms with Crippen molar-refractivity contribution in [2.24, 2.45) is 5.10 Å². The first-order valence-corrected chi connectivity index (χ1v) is 9.65. The van der Waals surface area contributed by atoms with Crippen LogP contribution in [-0.2, 0) is 27.3 Å². The molecule has 26 heavy (non-hydrogen) atoms. The summed E-state index contributed by atoms with van der Waals surface area (Å²) in [6.45, 7) is 5.71. The van der Waals surface area contributed by atoms with Gasteiger partial charge in [-0.05, 0) is 30.5 Å². The van der Waals surface area contributed by atoms with Crippen LogP contribution in [0.25, 0.3) is 0 Å². The van der Waals surface area contributed by atoms with E-state index < -0.39 is 0 Å². The highest BCUT2D eigenvalue weighted by atomic mass is 32.1. The van der Waals surface area contributed by atoms with Crippen LogP contribution in [0.2, 0.25) is 0 Å². The van der Waals surface area contributed by atoms with Crippen molar-refractivity contribution < 1.29 is 14.3 Å². The number of carbonyl (C=O) groups is 1. The van der Waals surface area contributed by atoms with Crippen molar-refractivity contribution >= 4 is 28.7 Å². The molecular weight excluding hydrogens is 350 g/mol. The van der Waals surface area contributed by atoms with E-state index in [1.54, 1.807) is 13.1 Å². The molecule has 0 amide bonds. The fourth-order valence-corrected chi connectivity index (χ4v) is 2.82. The predicted molar refractivity (Wildman–Crippen MR) is 105 cm³/mol. The van der Waals surface area contributed by atoms with Crippen LogP contribution in [0.4, 0.5) is 5.13 Å². The normalized spacial score (nSPS) is 11.0. The summed E-state index contributed by atoms with van der Waals surface area (Å²) >= 11 is 1.40. The number of benzene rings is 1. The molecule has 0 fully saturated rings. The molecule has 0 atom stereocenters. The van der Waals surface area contributed by atoms with Gasteiger partial charge in [0.05, 0.1) is 31.5 Å². The molecule has 140 valence electrons. The maximum Gasteiger partial charge on any atom is 0.311 e. The van der Waals surface area contributed by atoms with Crippen molar-refractivity contribution in [2.75, 3.05) is 18.6 Å². The van der Waals surface area contributed by atoms with Crippen molar-refractivity contribution in [1.82, 2.24) is 4.98 Å². The molecule has 2 aromatic rings. The standard InChI is InChI=1S/C19H25N3O3S/c1-3-5-9-24-13-16-8-6-7-15(10-16)12-20-22-19-21-17(14-26-19)11-18(23)25-4-2/h6-8,10,12,14H,3-5,9,11,13H2,1-2H3,(H,21,22). The quantitative estimate of drug-likeness (QED) is 0.278. The summed E-state index contributed by atoms with van der Waals surface area (Å²) in [7, 11) is 0. The van der Waals surface area contributed by atoms with Gasteiger partial charge in [0.2, 0.25) is 5.13 Å². The molecule has 0 saturated carbocycles. The molecule has 2 rings (SSSR count). The lowest BCUT2D eigenvalue weighted by atomic mass is 10.1. The van der Waals surface area contributed by atoms with Crippen molar-refractivity contribution in [3.63, 3.8) is 0 Å². The molecule has 0 radical (unpaired) electrons. The Labute approximate surface area is 158 Å². The Kier molecular flexibility index (Phi) is 8.78. The van der Waals surface area contributed by atoms with Crippen LogP contribution >= 0.6 is 11.3 Å². The second kappa shape index (κ2) is 11.4. The Hall–Kier alpha value is -2.25. The van der Waals surface area contributed by atoms with Crippen molar-refractivity contribution in [2.45, 2.75) is 39.7 Å². The second-order valence-corrected chi connectivity index (χ2v) is 6.51. The molecule has 1 heterocycles. The Bertz CT molecular complexity index is 716. The zero-order valence-corrected chi connectivity index (χ0v) is 16.1. The number of rotatable bonds is 11. The molecule has 0 aliphatic heterocycles. The van der Waals surface area contributed by atoms with E-state index in [1.165, 1.54) is 11.3 Å². The number of thiazole rings is 1. The monoisotopic (exact) mass is 375 g/mol. The highest BCUT2D eigenvalue weighted by molar-refractivity contribution is 7.13. The van der Waals surface area contributed by atoms with Crippen LogP contribution < -0.4 is 5.43 Å². The summed E-state index contributed by atoms with van der Waals surface area (Å²) in [5, 5.41) is 6.67. The third-order valence-corrected chi connectivity index (χ3v) is 4.21. The number of hydrazone groups is 1. The lowest BCUT2D eigenvalue weighted by Crippen LogP contribution is -2.07. The van der Waals surface area contributed by atoms with Crippen LogP contribution in [0.3, 0.4) is 0 Å². The third kappa shape index (κ3) is 7.33. The van der Waals surface area contributed by atoms with Gasteiger partial charge in [-0.15, -0.1) is 11.3 Å². The van der Waals surface area contributed by atoms with Crippen LogP contribution in [0.5, 0.6) is 0 Å². The largest absolute Gasteiger partial charge is 0.466 e. The maximum atomic E-state index is 11.4. The summed E-state index contributed by atoms with van der Waals surface area (Å²) in [5.74, 6) is -0.272. The van der Waals surface area contributed by atoms with Gasteiger partial charge in [0.15, 0.2) is 0 Å². The van der Waals surface area contributed by atoms with Gasteiger partial charge in [0.1, 0.15) is 0 Å². The van der Waals surface area contributed by atoms with Crippen molar-refractivity contribution in [3.8, 4) is 0 Å². The van der Waals surface area contributed by atoms with Gasteiger partial charge in [0.25, 0.3) is 0 Å². The Morgan fingerprint density at radius 3 is 3.08 bits per heavy atom. The van der Waals surface area contributed by atoms with Crippen molar-refractivity contribution in [3.05, 3.63) is 46.5 Å². The van der Waals surface area contributed by atoms with Crippen LogP contribution in [0.15, 0.2) is 34.7 Å². The number of ether oxygens (including phenoxy) is 2. The van der Waals surface area contributed by atoms with Crippen LogP contribution in [-0.4, -0.2) is 30.4 Å². The average molecular weight is 375 g/mol. The molecule has 0 saturated heterocycles. The summed E-state index contributed by atoms with van der Waals surface area (Å²) in [6, 6.07) is 8.06. The van der Waals surface area contributed by atoms with E-state index in [1.807, 2.05) is 29.6 Å². The predicted octanol–water partition coefficient (Wildman–Crippen LogP) is 4.01. The fraction of sp³-hybridized carbons (Fsp3) is 0.421. The van der Waals surface area contributed by atoms with Gasteiger partial charge in [0, 0.05) is 12.0 Å². The molecule has 0 unspecified atom stereocenters. The molecule has 7 heteroatoms. The lowest BCUT2D eigenvalue weighted by Gasteiger charge is -2.04. The summed E-state index contributed by atoms with van der Waals surface area (Å²) in [5.41, 5.74) is 5.67. The van der Waals surface area contributed by atoms with Crippen LogP contribution in [0.1, 0.15) is 43.5 Å². The maximum absolute atomic E-state index is 11.4. The topological polar surface area (TPSA) is 72.8 Å². The van der Waals surface area contributed by atoms with Gasteiger partial charge in [-0.3, -0.25) is 10.2 Å². The number of aromatic nitrogens is 1. The first-order valence-electron chi connectivity index (χ1n) is 8.77. The highest BCUT2D eigenvalue weighted by Crippen LogP contribution is 2.16. The van der Waals surface area contributed by atoms with E-state index in [4.69, 9.17) is 9.47 Å². The van der Waals surface area contributed by atoms with E-state index in [0.29, 0.717) is 24.0 Å². The zero-order valence-electron chi connectivity index (χ0n) is 15.2. The minimum Gasteiger partial charge on any atom is -0.466 e. The number of esters is 1. The smallest absolute Gasteiger partial charge is 0.311 e. The van der Waals surface area contributed by atoms with Gasteiger partial charge in [-0.25, -0.2) is 4.98 Å². The molecule has 0 aliphatic carbocycles. The molecule has 0 bridgehead atoms. The number of anilines is 1. The van der Waals surface area contributed by atoms with E-state index >= 15 is 0 Å². The number of carbonyl (C=O) groups excluding carboxylic acids is 1. The highest BCUT2D eigenvalue weighted by Gasteiger charge is 2.07. The molecule has 0 spiro atoms. The van der Waals surface area contributed by atoms with E-state index in [2.05, 4.69) is 22.4 Å². The molecule has 1 aromatic heterocycles. The number of unbranched alkanes of at least 4 members (excludes halogenated alkanes) is 1. The molecule has 0 aliphatic rings. The van der Waals surface area contributed by atoms with E-state index in [-0.39, 0.29) is 12.4 Å². The first-order chi connectivity index (χ1) is 12.7. The molecule has 1 aromatic carbocycles.